The van der Waals surface area contributed by atoms with Crippen LogP contribution in [0.15, 0.2) is 0 Å². The number of hydrogen-bond acceptors (Lipinski definition) is 5. The van der Waals surface area contributed by atoms with Crippen LogP contribution in [-0.4, -0.2) is 0 Å². The molecular weight excluding hydrogens is 298 g/mol. The Bertz CT molecular complexity index is 66.6. The molecule has 0 fully saturated rings. The first kappa shape index (κ1) is 7.74. The molecule has 0 aliphatic rings. The second-order valence-electron chi connectivity index (χ2n) is 1.47. The molecule has 0 rings (SSSR count). The zero-order valence-electron chi connectivity index (χ0n) is 3.60. The monoisotopic (exact) mass is 308 g/mol. The Morgan fingerprint density at radius 1 is 0.857 bits per heavy atom. The number of nitrogens with two attached hydrogens (primary N) is 5. The van der Waals surface area contributed by atoms with Crippen LogP contribution in [0.3, 0.4) is 0 Å². The van der Waals surface area contributed by atoms with E-state index in [1.165, 1.54) is 0 Å². The van der Waals surface area contributed by atoms with Gasteiger partial charge in [-0.1, -0.05) is 0 Å². The Hall–Kier alpha value is 0.739. The Morgan fingerprint density at radius 3 is 0.857 bits per heavy atom. The number of halogens is 1. The Balaban J connectivity index is 4.43. The maximum atomic E-state index is 5.12. The van der Waals surface area contributed by atoms with Gasteiger partial charge in [0, 0.05) is 0 Å². The van der Waals surface area contributed by atoms with Crippen LogP contribution in [0.25, 0.3) is 0 Å². The van der Waals surface area contributed by atoms with Crippen molar-refractivity contribution in [3.05, 3.63) is 0 Å². The molecule has 0 spiro atoms. The van der Waals surface area contributed by atoms with Crippen molar-refractivity contribution in [3.8, 4) is 0 Å². The second kappa shape index (κ2) is 0.896. The summed E-state index contributed by atoms with van der Waals surface area (Å²) in [5.41, 5.74) is 0. The molecule has 0 aliphatic heterocycles. The van der Waals surface area contributed by atoms with Crippen LogP contribution in [0.4, 0.5) is 0 Å². The first-order valence-corrected chi connectivity index (χ1v) is 11.0. The minimum absolute atomic E-state index is 4.90. The van der Waals surface area contributed by atoms with Gasteiger partial charge in [-0.05, 0) is 0 Å². The van der Waals surface area contributed by atoms with Gasteiger partial charge in [-0.25, -0.2) is 0 Å². The Labute approximate surface area is 45.1 Å². The van der Waals surface area contributed by atoms with E-state index in [1.54, 1.807) is 0 Å². The summed E-state index contributed by atoms with van der Waals surface area (Å²) < 4.78 is 24.5. The van der Waals surface area contributed by atoms with Gasteiger partial charge in [0.05, 0.1) is 0 Å². The van der Waals surface area contributed by atoms with Crippen LogP contribution in [0.5, 0.6) is 0 Å². The summed E-state index contributed by atoms with van der Waals surface area (Å²) in [4.78, 5) is 0. The average Bonchev–Trinajstić information content (AvgIpc) is 0.592. The third-order valence-corrected chi connectivity index (χ3v) is 0. The summed E-state index contributed by atoms with van der Waals surface area (Å²) in [7, 11) is 5.12. The summed E-state index contributed by atoms with van der Waals surface area (Å²) in [5.74, 6) is 0. The van der Waals surface area contributed by atoms with E-state index in [2.05, 4.69) is 0 Å². The molecule has 0 unspecified atom stereocenters. The molecule has 0 amide bonds. The molecule has 51 valence electrons. The van der Waals surface area contributed by atoms with Gasteiger partial charge in [-0.3, -0.25) is 0 Å². The molecule has 0 aromatic carbocycles. The van der Waals surface area contributed by atoms with Gasteiger partial charge >= 0.3 is 44.7 Å². The van der Waals surface area contributed by atoms with Crippen LogP contribution in [-0.2, 0) is 13.1 Å². The van der Waals surface area contributed by atoms with Crippen LogP contribution >= 0.6 is 9.58 Å². The van der Waals surface area contributed by atoms with Crippen LogP contribution in [0.2, 0.25) is 0 Å². The molecule has 0 atom stereocenters. The standard InChI is InChI=1S/ClH.Ir.5H2N/h1H;;5*1H2/q;+6;5*-1/p-1. The van der Waals surface area contributed by atoms with Crippen LogP contribution in [0.1, 0.15) is 0 Å². The third-order valence-electron chi connectivity index (χ3n) is 0. The molecule has 0 bridgehead atoms. The van der Waals surface area contributed by atoms with E-state index >= 15 is 0 Å². The van der Waals surface area contributed by atoms with Crippen molar-refractivity contribution in [2.24, 2.45) is 22.0 Å². The molecule has 5 nitrogen and oxygen atoms in total. The van der Waals surface area contributed by atoms with Crippen molar-refractivity contribution < 1.29 is 13.1 Å². The van der Waals surface area contributed by atoms with Gasteiger partial charge in [0.1, 0.15) is 0 Å². The van der Waals surface area contributed by atoms with Gasteiger partial charge in [0.15, 0.2) is 0 Å². The zero-order chi connectivity index (χ0) is 6.41. The SMILES string of the molecule is [NH2][Ir]([NH2])([NH2])([NH2])([NH2])[Cl]. The quantitative estimate of drug-likeness (QED) is 0.345. The first-order chi connectivity index (χ1) is 2.45. The molecule has 0 radical (unpaired) electrons. The second-order valence-corrected chi connectivity index (χ2v) is 18.0. The normalized spacial score (nSPS) is 23.1. The first-order valence-electron chi connectivity index (χ1n) is 1.09. The fraction of sp³-hybridized carbons (Fsp3) is 0. The van der Waals surface area contributed by atoms with E-state index in [1.807, 2.05) is 0 Å². The molecule has 10 N–H and O–H groups in total. The van der Waals surface area contributed by atoms with Gasteiger partial charge in [0.2, 0.25) is 0 Å². The van der Waals surface area contributed by atoms with Crippen molar-refractivity contribution in [3.63, 3.8) is 0 Å². The molecule has 0 aliphatic carbocycles. The third kappa shape index (κ3) is 277. The average molecular weight is 308 g/mol. The van der Waals surface area contributed by atoms with E-state index in [9.17, 15) is 0 Å². The zero-order valence-corrected chi connectivity index (χ0v) is 6.75. The molecule has 7 heteroatoms. The topological polar surface area (TPSA) is 130 Å². The minimum atomic E-state index is -5.19. The summed E-state index contributed by atoms with van der Waals surface area (Å²) in [6, 6.07) is 0. The van der Waals surface area contributed by atoms with Crippen molar-refractivity contribution in [2.75, 3.05) is 0 Å². The van der Waals surface area contributed by atoms with Crippen molar-refractivity contribution >= 4 is 9.58 Å². The van der Waals surface area contributed by atoms with E-state index in [-0.39, 0.29) is 0 Å². The van der Waals surface area contributed by atoms with Gasteiger partial charge in [0.25, 0.3) is 0 Å². The van der Waals surface area contributed by atoms with Crippen LogP contribution in [0, 0.1) is 0 Å². The van der Waals surface area contributed by atoms with Crippen molar-refractivity contribution in [2.45, 2.75) is 0 Å². The van der Waals surface area contributed by atoms with Gasteiger partial charge < -0.3 is 0 Å². The molecule has 0 saturated heterocycles. The van der Waals surface area contributed by atoms with E-state index in [0.717, 1.165) is 0 Å². The molecule has 0 saturated carbocycles. The van der Waals surface area contributed by atoms with E-state index in [0.29, 0.717) is 0 Å². The van der Waals surface area contributed by atoms with E-state index < -0.39 is 13.1 Å². The van der Waals surface area contributed by atoms with Crippen LogP contribution < -0.4 is 22.0 Å². The molecular formula is H10ClIrN5. The van der Waals surface area contributed by atoms with Gasteiger partial charge in [-0.15, -0.1) is 0 Å². The molecule has 0 aromatic heterocycles. The molecule has 0 aromatic rings. The van der Waals surface area contributed by atoms with Gasteiger partial charge in [-0.2, -0.15) is 0 Å². The number of hydrogen-bond donors (Lipinski definition) is 5. The van der Waals surface area contributed by atoms with Crippen molar-refractivity contribution in [1.82, 2.24) is 0 Å². The Morgan fingerprint density at radius 2 is 0.857 bits per heavy atom. The van der Waals surface area contributed by atoms with E-state index in [4.69, 9.17) is 31.6 Å². The summed E-state index contributed by atoms with van der Waals surface area (Å²) in [6.07, 6.45) is 0. The molecule has 0 heterocycles. The maximum absolute atomic E-state index is 5.19. The summed E-state index contributed by atoms with van der Waals surface area (Å²) >= 11 is -5.19. The summed E-state index contributed by atoms with van der Waals surface area (Å²) in [6.45, 7) is 0. The molecule has 7 heavy (non-hydrogen) atoms. The Kier molecular flexibility index (Phi) is 0.991. The fourth-order valence-corrected chi connectivity index (χ4v) is 0. The predicted octanol–water partition coefficient (Wildman–Crippen LogP) is -2.27. The number of rotatable bonds is 0. The van der Waals surface area contributed by atoms with Crippen molar-refractivity contribution in [1.29, 1.82) is 0 Å². The fourth-order valence-electron chi connectivity index (χ4n) is 0. The summed E-state index contributed by atoms with van der Waals surface area (Å²) in [5, 5.41) is 0. The predicted molar refractivity (Wildman–Crippen MR) is 26.8 cm³/mol.